The Bertz CT molecular complexity index is 1580. The van der Waals surface area contributed by atoms with Crippen molar-refractivity contribution in [3.63, 3.8) is 0 Å². The van der Waals surface area contributed by atoms with Gasteiger partial charge in [-0.25, -0.2) is 4.39 Å². The Balaban J connectivity index is 1.32. The van der Waals surface area contributed by atoms with Gasteiger partial charge < -0.3 is 19.1 Å². The molecule has 2 atom stereocenters. The normalized spacial score (nSPS) is 15.3. The molecule has 1 heterocycles. The highest BCUT2D eigenvalue weighted by Gasteiger charge is 2.52. The number of carbonyl (C=O) groups excluding carboxylic acids is 1. The third kappa shape index (κ3) is 5.62. The van der Waals surface area contributed by atoms with E-state index < -0.39 is 27.6 Å². The van der Waals surface area contributed by atoms with Gasteiger partial charge in [0.15, 0.2) is 5.82 Å². The molecule has 3 aromatic carbocycles. The Morgan fingerprint density at radius 3 is 2.42 bits per heavy atom. The highest BCUT2D eigenvalue weighted by Crippen LogP contribution is 2.57. The highest BCUT2D eigenvalue weighted by molar-refractivity contribution is 7.79. The molecule has 1 aliphatic carbocycles. The second-order valence-corrected chi connectivity index (χ2v) is 11.6. The molecular weight excluding hydrogens is 580 g/mol. The number of methoxy groups -OCH3 is 1. The van der Waals surface area contributed by atoms with Gasteiger partial charge in [0.25, 0.3) is 5.89 Å². The summed E-state index contributed by atoms with van der Waals surface area (Å²) in [7, 11) is 1.45. The summed E-state index contributed by atoms with van der Waals surface area (Å²) in [5, 5.41) is 6.92. The maximum Gasteiger partial charge on any atom is 0.260 e. The summed E-state index contributed by atoms with van der Waals surface area (Å²) in [6.07, 6.45) is 1.40. The average molecular weight is 603 g/mol. The first kappa shape index (κ1) is 28.2. The smallest absolute Gasteiger partial charge is 0.260 e. The van der Waals surface area contributed by atoms with E-state index in [9.17, 15) is 17.9 Å². The number of benzene rings is 3. The largest absolute Gasteiger partial charge is 0.772 e. The molecule has 2 unspecified atom stereocenters. The molecule has 40 heavy (non-hydrogen) atoms. The lowest BCUT2D eigenvalue weighted by atomic mass is 9.94. The van der Waals surface area contributed by atoms with Crippen molar-refractivity contribution >= 4 is 45.9 Å². The first-order valence-electron chi connectivity index (χ1n) is 12.3. The molecule has 1 aromatic heterocycles. The number of carbonyl (C=O) groups is 1. The van der Waals surface area contributed by atoms with Crippen molar-refractivity contribution in [3.05, 3.63) is 93.0 Å². The van der Waals surface area contributed by atoms with Crippen LogP contribution in [0, 0.1) is 5.82 Å². The van der Waals surface area contributed by atoms with Crippen LogP contribution in [0.5, 0.6) is 5.75 Å². The maximum atomic E-state index is 14.6. The number of hydrogen-bond acceptors (Lipinski definition) is 7. The average Bonchev–Trinajstić information content (AvgIpc) is 3.55. The van der Waals surface area contributed by atoms with E-state index in [1.165, 1.54) is 19.2 Å². The van der Waals surface area contributed by atoms with Gasteiger partial charge in [-0.1, -0.05) is 52.6 Å². The van der Waals surface area contributed by atoms with Crippen molar-refractivity contribution < 1.29 is 27.2 Å². The fourth-order valence-corrected chi connectivity index (χ4v) is 5.77. The number of amides is 1. The van der Waals surface area contributed by atoms with Crippen LogP contribution in [0.25, 0.3) is 11.5 Å². The molecule has 8 nitrogen and oxygen atoms in total. The molecule has 1 fully saturated rings. The fraction of sp³-hybridized carbons (Fsp3) is 0.250. The second-order valence-electron chi connectivity index (χ2n) is 9.54. The van der Waals surface area contributed by atoms with Gasteiger partial charge in [-0.3, -0.25) is 9.00 Å². The lowest BCUT2D eigenvalue weighted by molar-refractivity contribution is -0.115. The van der Waals surface area contributed by atoms with Crippen molar-refractivity contribution in [1.82, 2.24) is 10.1 Å². The van der Waals surface area contributed by atoms with Crippen LogP contribution in [0.2, 0.25) is 10.0 Å². The van der Waals surface area contributed by atoms with E-state index in [0.717, 1.165) is 5.56 Å². The molecule has 0 saturated heterocycles. The topological polar surface area (TPSA) is 117 Å². The molecule has 1 N–H and O–H groups in total. The van der Waals surface area contributed by atoms with Gasteiger partial charge >= 0.3 is 0 Å². The summed E-state index contributed by atoms with van der Waals surface area (Å²) in [6.45, 7) is 1.59. The standard InChI is InChI=1S/C28H24Cl2FN3O5S/c1-15(40(36)37)17-5-3-16(4-6-17)11-24(35)32-18-12-21(29)25(22(30)13-18)28(9-10-28)27-33-26(39-34-27)20-8-7-19(38-2)14-23(20)31/h3-8,12-15H,9-11H2,1-2H3,(H,32,35)(H,36,37)/p-1. The molecule has 0 aliphatic heterocycles. The fourth-order valence-electron chi connectivity index (χ4n) is 4.54. The molecule has 1 aliphatic rings. The van der Waals surface area contributed by atoms with Gasteiger partial charge in [0, 0.05) is 32.6 Å². The lowest BCUT2D eigenvalue weighted by Crippen LogP contribution is -2.16. The van der Waals surface area contributed by atoms with Crippen molar-refractivity contribution in [2.75, 3.05) is 12.4 Å². The van der Waals surface area contributed by atoms with E-state index in [-0.39, 0.29) is 23.8 Å². The zero-order valence-electron chi connectivity index (χ0n) is 21.4. The summed E-state index contributed by atoms with van der Waals surface area (Å²) in [4.78, 5) is 17.1. The third-order valence-corrected chi connectivity index (χ3v) is 8.36. The van der Waals surface area contributed by atoms with Gasteiger partial charge in [-0.2, -0.15) is 4.98 Å². The van der Waals surface area contributed by atoms with E-state index in [4.69, 9.17) is 32.5 Å². The van der Waals surface area contributed by atoms with Gasteiger partial charge in [-0.05, 0) is 66.2 Å². The van der Waals surface area contributed by atoms with Gasteiger partial charge in [0.2, 0.25) is 5.91 Å². The van der Waals surface area contributed by atoms with Crippen molar-refractivity contribution in [2.24, 2.45) is 0 Å². The van der Waals surface area contributed by atoms with Crippen LogP contribution in [0.15, 0.2) is 59.1 Å². The molecule has 5 rings (SSSR count). The summed E-state index contributed by atoms with van der Waals surface area (Å²) in [6, 6.07) is 14.4. The quantitative estimate of drug-likeness (QED) is 0.220. The van der Waals surface area contributed by atoms with Crippen LogP contribution < -0.4 is 10.1 Å². The summed E-state index contributed by atoms with van der Waals surface area (Å²) >= 11 is 11.1. The van der Waals surface area contributed by atoms with E-state index in [1.54, 1.807) is 49.4 Å². The van der Waals surface area contributed by atoms with Crippen LogP contribution in [0.4, 0.5) is 10.1 Å². The predicted molar refractivity (Wildman–Crippen MR) is 149 cm³/mol. The Hall–Kier alpha value is -3.31. The maximum absolute atomic E-state index is 14.6. The third-order valence-electron chi connectivity index (χ3n) is 6.92. The van der Waals surface area contributed by atoms with Crippen LogP contribution >= 0.6 is 23.2 Å². The molecule has 1 amide bonds. The molecule has 4 aromatic rings. The summed E-state index contributed by atoms with van der Waals surface area (Å²) in [5.74, 6) is -0.107. The Morgan fingerprint density at radius 1 is 1.18 bits per heavy atom. The van der Waals surface area contributed by atoms with Crippen LogP contribution in [-0.4, -0.2) is 31.9 Å². The monoisotopic (exact) mass is 602 g/mol. The minimum absolute atomic E-state index is 0.0290. The molecule has 0 spiro atoms. The first-order valence-corrected chi connectivity index (χ1v) is 14.1. The number of nitrogens with one attached hydrogen (secondary N) is 1. The first-order chi connectivity index (χ1) is 19.1. The highest BCUT2D eigenvalue weighted by atomic mass is 35.5. The van der Waals surface area contributed by atoms with Crippen molar-refractivity contribution in [2.45, 2.75) is 36.9 Å². The number of ether oxygens (including phenoxy) is 1. The summed E-state index contributed by atoms with van der Waals surface area (Å²) < 4.78 is 47.3. The molecular formula is C28H23Cl2FN3O5S-. The molecule has 208 valence electrons. The van der Waals surface area contributed by atoms with Crippen LogP contribution in [0.3, 0.4) is 0 Å². The minimum atomic E-state index is -2.22. The Labute approximate surface area is 242 Å². The molecule has 0 bridgehead atoms. The van der Waals surface area contributed by atoms with Gasteiger partial charge in [0.1, 0.15) is 11.6 Å². The van der Waals surface area contributed by atoms with Crippen LogP contribution in [0.1, 0.15) is 47.5 Å². The van der Waals surface area contributed by atoms with E-state index in [0.29, 0.717) is 51.3 Å². The second kappa shape index (κ2) is 11.3. The number of hydrogen-bond donors (Lipinski definition) is 1. The minimum Gasteiger partial charge on any atom is -0.772 e. The molecule has 12 heteroatoms. The Morgan fingerprint density at radius 2 is 1.85 bits per heavy atom. The zero-order chi connectivity index (χ0) is 28.6. The van der Waals surface area contributed by atoms with Gasteiger partial charge in [0.05, 0.1) is 24.5 Å². The summed E-state index contributed by atoms with van der Waals surface area (Å²) in [5.41, 5.74) is 1.85. The number of nitrogens with zero attached hydrogens (tertiary/aromatic N) is 2. The van der Waals surface area contributed by atoms with E-state index in [1.807, 2.05) is 0 Å². The Kier molecular flexibility index (Phi) is 7.96. The predicted octanol–water partition coefficient (Wildman–Crippen LogP) is 6.39. The number of anilines is 1. The lowest BCUT2D eigenvalue weighted by Gasteiger charge is -2.17. The zero-order valence-corrected chi connectivity index (χ0v) is 23.7. The SMILES string of the molecule is COc1ccc(-c2nc(C3(c4c(Cl)cc(NC(=O)Cc5ccc(C(C)S(=O)[O-])cc5)cc4Cl)CC3)no2)c(F)c1. The van der Waals surface area contributed by atoms with Crippen molar-refractivity contribution in [1.29, 1.82) is 0 Å². The van der Waals surface area contributed by atoms with Crippen LogP contribution in [-0.2, 0) is 27.7 Å². The number of rotatable bonds is 9. The van der Waals surface area contributed by atoms with Gasteiger partial charge in [-0.15, -0.1) is 0 Å². The molecule has 1 saturated carbocycles. The van der Waals surface area contributed by atoms with E-state index >= 15 is 0 Å². The molecule has 0 radical (unpaired) electrons. The van der Waals surface area contributed by atoms with Crippen molar-refractivity contribution in [3.8, 4) is 17.2 Å². The number of aromatic nitrogens is 2. The number of halogens is 3. The van der Waals surface area contributed by atoms with E-state index in [2.05, 4.69) is 15.5 Å².